The van der Waals surface area contributed by atoms with Crippen molar-refractivity contribution in [3.8, 4) is 0 Å². The molecule has 0 spiro atoms. The van der Waals surface area contributed by atoms with Crippen molar-refractivity contribution in [1.82, 2.24) is 4.90 Å². The minimum Gasteiger partial charge on any atom is -0.375 e. The first-order valence-electron chi connectivity index (χ1n) is 14.7. The number of hydrogen-bond acceptors (Lipinski definition) is 2. The molecule has 0 aromatic heterocycles. The zero-order valence-corrected chi connectivity index (χ0v) is 25.6. The first-order chi connectivity index (χ1) is 19.5. The summed E-state index contributed by atoms with van der Waals surface area (Å²) in [6.45, 7) is 7.87. The minimum atomic E-state index is -0.494. The Hall–Kier alpha value is -2.77. The van der Waals surface area contributed by atoms with Gasteiger partial charge in [-0.1, -0.05) is 120 Å². The van der Waals surface area contributed by atoms with Crippen LogP contribution in [0.3, 0.4) is 0 Å². The van der Waals surface area contributed by atoms with Gasteiger partial charge in [0.05, 0.1) is 6.10 Å². The van der Waals surface area contributed by atoms with Crippen LogP contribution in [-0.4, -0.2) is 37.3 Å². The molecule has 4 aromatic carbocycles. The summed E-state index contributed by atoms with van der Waals surface area (Å²) < 4.78 is 6.10. The number of methoxy groups -OCH3 is 1. The smallest absolute Gasteiger partial charge is 0.0973 e. The highest BCUT2D eigenvalue weighted by atomic mass is 31.1. The molecule has 1 aliphatic carbocycles. The van der Waals surface area contributed by atoms with Crippen LogP contribution < -0.4 is 10.6 Å². The maximum Gasteiger partial charge on any atom is 0.0973 e. The number of likely N-dealkylation sites (N-methyl/N-ethyl adjacent to an activating group) is 1. The van der Waals surface area contributed by atoms with Crippen molar-refractivity contribution in [2.75, 3.05) is 20.7 Å². The van der Waals surface area contributed by atoms with E-state index < -0.39 is 7.92 Å². The third kappa shape index (κ3) is 6.41. The number of nitrogens with zero attached hydrogens (tertiary/aromatic N) is 1. The largest absolute Gasteiger partial charge is 0.375 e. The van der Waals surface area contributed by atoms with E-state index >= 15 is 0 Å². The summed E-state index contributed by atoms with van der Waals surface area (Å²) in [6.07, 6.45) is 2.54. The molecule has 0 amide bonds. The van der Waals surface area contributed by atoms with Crippen LogP contribution in [0.5, 0.6) is 0 Å². The molecule has 1 fully saturated rings. The van der Waals surface area contributed by atoms with Crippen molar-refractivity contribution in [2.24, 2.45) is 5.92 Å². The van der Waals surface area contributed by atoms with Crippen LogP contribution >= 0.6 is 7.92 Å². The van der Waals surface area contributed by atoms with Crippen LogP contribution in [-0.2, 0) is 4.74 Å². The fourth-order valence-electron chi connectivity index (χ4n) is 6.95. The van der Waals surface area contributed by atoms with Crippen LogP contribution in [0.1, 0.15) is 54.0 Å². The average molecular weight is 550 g/mol. The number of hydrogen-bond donors (Lipinski definition) is 0. The van der Waals surface area contributed by atoms with Crippen molar-refractivity contribution in [3.05, 3.63) is 131 Å². The molecule has 3 unspecified atom stereocenters. The van der Waals surface area contributed by atoms with E-state index in [2.05, 4.69) is 142 Å². The predicted octanol–water partition coefficient (Wildman–Crippen LogP) is 8.01. The molecule has 0 N–H and O–H groups in total. The topological polar surface area (TPSA) is 12.5 Å². The molecule has 40 heavy (non-hydrogen) atoms. The molecule has 208 valence electrons. The van der Waals surface area contributed by atoms with Gasteiger partial charge >= 0.3 is 0 Å². The molecule has 3 heteroatoms. The van der Waals surface area contributed by atoms with Crippen molar-refractivity contribution < 1.29 is 4.74 Å². The zero-order valence-electron chi connectivity index (χ0n) is 24.7. The summed E-state index contributed by atoms with van der Waals surface area (Å²) in [5.74, 6) is 1.10. The highest BCUT2D eigenvalue weighted by Crippen LogP contribution is 2.55. The van der Waals surface area contributed by atoms with Gasteiger partial charge in [-0.05, 0) is 87.8 Å². The quantitative estimate of drug-likeness (QED) is 0.186. The number of aryl methyl sites for hydroxylation is 2. The van der Waals surface area contributed by atoms with Gasteiger partial charge in [0.1, 0.15) is 0 Å². The monoisotopic (exact) mass is 549 g/mol. The average Bonchev–Trinajstić information content (AvgIpc) is 3.37. The summed E-state index contributed by atoms with van der Waals surface area (Å²) in [5, 5.41) is 2.99. The Labute approximate surface area is 243 Å². The normalized spacial score (nSPS) is 20.6. The molecular weight excluding hydrogens is 505 g/mol. The Morgan fingerprint density at radius 3 is 1.82 bits per heavy atom. The summed E-state index contributed by atoms with van der Waals surface area (Å²) in [6, 6.07) is 40.8. The summed E-state index contributed by atoms with van der Waals surface area (Å²) in [4.78, 5) is 2.57. The van der Waals surface area contributed by atoms with Crippen molar-refractivity contribution in [1.29, 1.82) is 0 Å². The minimum absolute atomic E-state index is 0.0375. The van der Waals surface area contributed by atoms with Crippen LogP contribution in [0.25, 0.3) is 0 Å². The summed E-state index contributed by atoms with van der Waals surface area (Å²) in [7, 11) is 3.66. The Kier molecular flexibility index (Phi) is 9.53. The molecule has 0 heterocycles. The second-order valence-corrected chi connectivity index (χ2v) is 14.1. The van der Waals surface area contributed by atoms with E-state index in [0.717, 1.165) is 6.54 Å². The Balaban J connectivity index is 1.52. The summed E-state index contributed by atoms with van der Waals surface area (Å²) >= 11 is 0. The maximum absolute atomic E-state index is 6.10. The molecule has 0 saturated heterocycles. The molecule has 4 aromatic rings. The Morgan fingerprint density at radius 2 is 1.30 bits per heavy atom. The molecule has 1 saturated carbocycles. The van der Waals surface area contributed by atoms with Gasteiger partial charge in [0, 0.05) is 19.7 Å². The number of benzene rings is 4. The predicted molar refractivity (Wildman–Crippen MR) is 173 cm³/mol. The third-order valence-corrected chi connectivity index (χ3v) is 11.9. The second-order valence-electron chi connectivity index (χ2n) is 11.6. The molecule has 5 atom stereocenters. The van der Waals surface area contributed by atoms with Crippen molar-refractivity contribution in [3.63, 3.8) is 0 Å². The standard InChI is InChI=1S/C37H44NOP/c1-27-23-28(2)25-31(24-27)34-21-22-36(40(32-17-11-7-12-18-32)33-19-13-8-14-20-33)35(34)26-38(4)29(3)37(39-5)30-15-9-6-10-16-30/h6-20,23-25,29,34-37H,21-22,26H2,1-5H3/t29-,34?,35?,36?,37-/m0/s1. The van der Waals surface area contributed by atoms with Crippen LogP contribution in [0.2, 0.25) is 0 Å². The lowest BCUT2D eigenvalue weighted by Crippen LogP contribution is -2.41. The first kappa shape index (κ1) is 28.7. The molecule has 2 nitrogen and oxygen atoms in total. The van der Waals surface area contributed by atoms with Gasteiger partial charge in [-0.25, -0.2) is 0 Å². The van der Waals surface area contributed by atoms with E-state index in [9.17, 15) is 0 Å². The SMILES string of the molecule is CO[C@H](c1ccccc1)[C@H](C)N(C)CC1C(c2cc(C)cc(C)c2)CCC1P(c1ccccc1)c1ccccc1. The van der Waals surface area contributed by atoms with E-state index in [1.807, 2.05) is 7.11 Å². The molecular formula is C37H44NOP. The zero-order chi connectivity index (χ0) is 28.1. The molecule has 5 rings (SSSR count). The van der Waals surface area contributed by atoms with Gasteiger partial charge in [0.15, 0.2) is 0 Å². The van der Waals surface area contributed by atoms with E-state index in [-0.39, 0.29) is 12.1 Å². The van der Waals surface area contributed by atoms with Crippen LogP contribution in [0.15, 0.2) is 109 Å². The Bertz CT molecular complexity index is 1280. The highest BCUT2D eigenvalue weighted by molar-refractivity contribution is 7.73. The van der Waals surface area contributed by atoms with Crippen molar-refractivity contribution >= 4 is 18.5 Å². The first-order valence-corrected chi connectivity index (χ1v) is 16.1. The fourth-order valence-corrected chi connectivity index (χ4v) is 10.1. The van der Waals surface area contributed by atoms with Crippen LogP contribution in [0, 0.1) is 19.8 Å². The van der Waals surface area contributed by atoms with Gasteiger partial charge < -0.3 is 9.64 Å². The third-order valence-electron chi connectivity index (χ3n) is 8.87. The Morgan fingerprint density at radius 1 is 0.775 bits per heavy atom. The van der Waals surface area contributed by atoms with Crippen LogP contribution in [0.4, 0.5) is 0 Å². The van der Waals surface area contributed by atoms with Crippen molar-refractivity contribution in [2.45, 2.75) is 57.3 Å². The number of rotatable bonds is 10. The molecule has 0 aliphatic heterocycles. The van der Waals surface area contributed by atoms with Gasteiger partial charge in [-0.2, -0.15) is 0 Å². The van der Waals surface area contributed by atoms with E-state index in [4.69, 9.17) is 4.74 Å². The molecule has 0 radical (unpaired) electrons. The fraction of sp³-hybridized carbons (Fsp3) is 0.351. The number of ether oxygens (including phenoxy) is 1. The van der Waals surface area contributed by atoms with Gasteiger partial charge in [0.25, 0.3) is 0 Å². The van der Waals surface area contributed by atoms with Gasteiger partial charge in [-0.15, -0.1) is 0 Å². The highest BCUT2D eigenvalue weighted by Gasteiger charge is 2.43. The maximum atomic E-state index is 6.10. The van der Waals surface area contributed by atoms with Gasteiger partial charge in [-0.3, -0.25) is 0 Å². The summed E-state index contributed by atoms with van der Waals surface area (Å²) in [5.41, 5.74) is 6.12. The lowest BCUT2D eigenvalue weighted by Gasteiger charge is -2.38. The van der Waals surface area contributed by atoms with E-state index in [1.165, 1.54) is 45.7 Å². The lowest BCUT2D eigenvalue weighted by molar-refractivity contribution is 0.0244. The van der Waals surface area contributed by atoms with E-state index in [0.29, 0.717) is 17.5 Å². The van der Waals surface area contributed by atoms with Gasteiger partial charge in [0.2, 0.25) is 0 Å². The second kappa shape index (κ2) is 13.3. The molecule has 0 bridgehead atoms. The van der Waals surface area contributed by atoms with E-state index in [1.54, 1.807) is 0 Å². The lowest BCUT2D eigenvalue weighted by atomic mass is 9.86. The molecule has 1 aliphatic rings.